The van der Waals surface area contributed by atoms with Crippen molar-refractivity contribution in [2.24, 2.45) is 0 Å². The van der Waals surface area contributed by atoms with Crippen molar-refractivity contribution in [1.82, 2.24) is 5.32 Å². The van der Waals surface area contributed by atoms with Crippen LogP contribution in [0.4, 0.5) is 0 Å². The first kappa shape index (κ1) is 10.6. The summed E-state index contributed by atoms with van der Waals surface area (Å²) in [4.78, 5) is 10.5. The molecule has 1 heterocycles. The lowest BCUT2D eigenvalue weighted by molar-refractivity contribution is -0.249. The molecular weight excluding hydrogens is 178 g/mol. The minimum atomic E-state index is -1.52. The van der Waals surface area contributed by atoms with Gasteiger partial charge in [-0.1, -0.05) is 0 Å². The lowest BCUT2D eigenvalue weighted by Gasteiger charge is -2.38. The smallest absolute Gasteiger partial charge is 0.184 e. The number of aldehydes is 1. The highest BCUT2D eigenvalue weighted by atomic mass is 16.6. The maximum Gasteiger partial charge on any atom is 0.184 e. The summed E-state index contributed by atoms with van der Waals surface area (Å²) in [5, 5.41) is 30.3. The highest BCUT2D eigenvalue weighted by molar-refractivity contribution is 5.58. The maximum atomic E-state index is 10.5. The van der Waals surface area contributed by atoms with Gasteiger partial charge in [0.2, 0.25) is 0 Å². The fraction of sp³-hybridized carbons (Fsp3) is 0.857. The standard InChI is InChI=1S/C7H13NO5/c1-8-4-3(2-9)13-7(12)6(11)5(4)10/h2-8,10-12H,1H3. The van der Waals surface area contributed by atoms with E-state index in [1.165, 1.54) is 7.05 Å². The number of nitrogens with one attached hydrogen (secondary N) is 1. The van der Waals surface area contributed by atoms with E-state index in [0.717, 1.165) is 0 Å². The largest absolute Gasteiger partial charge is 0.388 e. The Morgan fingerprint density at radius 2 is 1.92 bits per heavy atom. The average Bonchev–Trinajstić information content (AvgIpc) is 2.13. The molecule has 5 atom stereocenters. The predicted octanol–water partition coefficient (Wildman–Crippen LogP) is -2.79. The molecule has 0 bridgehead atoms. The number of aliphatic hydroxyl groups excluding tert-OH is 3. The Kier molecular flexibility index (Phi) is 3.34. The summed E-state index contributed by atoms with van der Waals surface area (Å²) in [6.45, 7) is 0. The fourth-order valence-corrected chi connectivity index (χ4v) is 1.35. The van der Waals surface area contributed by atoms with Crippen LogP contribution in [0.5, 0.6) is 0 Å². The molecule has 4 N–H and O–H groups in total. The van der Waals surface area contributed by atoms with Crippen LogP contribution in [-0.2, 0) is 9.53 Å². The first-order chi connectivity index (χ1) is 6.11. The zero-order valence-corrected chi connectivity index (χ0v) is 7.12. The summed E-state index contributed by atoms with van der Waals surface area (Å²) in [6.07, 6.45) is -4.61. The predicted molar refractivity (Wildman–Crippen MR) is 41.8 cm³/mol. The normalized spacial score (nSPS) is 46.0. The second-order valence-electron chi connectivity index (χ2n) is 2.92. The van der Waals surface area contributed by atoms with Crippen LogP contribution in [0.15, 0.2) is 0 Å². The third kappa shape index (κ3) is 1.87. The van der Waals surface area contributed by atoms with E-state index in [1.807, 2.05) is 0 Å². The SMILES string of the molecule is CNC1C(C=O)OC(O)C(O)C1O. The van der Waals surface area contributed by atoms with Crippen LogP contribution >= 0.6 is 0 Å². The van der Waals surface area contributed by atoms with Crippen molar-refractivity contribution in [2.75, 3.05) is 7.05 Å². The number of aliphatic hydroxyl groups is 3. The molecular formula is C7H13NO5. The molecule has 1 saturated heterocycles. The molecule has 1 fully saturated rings. The molecule has 76 valence electrons. The van der Waals surface area contributed by atoms with Gasteiger partial charge in [-0.05, 0) is 7.05 Å². The number of rotatable bonds is 2. The molecule has 13 heavy (non-hydrogen) atoms. The lowest BCUT2D eigenvalue weighted by atomic mass is 9.97. The molecule has 0 aromatic heterocycles. The maximum absolute atomic E-state index is 10.5. The average molecular weight is 191 g/mol. The molecule has 0 aliphatic carbocycles. The third-order valence-corrected chi connectivity index (χ3v) is 2.13. The van der Waals surface area contributed by atoms with Crippen molar-refractivity contribution >= 4 is 6.29 Å². The van der Waals surface area contributed by atoms with E-state index >= 15 is 0 Å². The molecule has 5 unspecified atom stereocenters. The Hall–Kier alpha value is -0.530. The molecule has 6 nitrogen and oxygen atoms in total. The summed E-state index contributed by atoms with van der Waals surface area (Å²) in [5.41, 5.74) is 0. The molecule has 0 saturated carbocycles. The van der Waals surface area contributed by atoms with Gasteiger partial charge in [-0.15, -0.1) is 0 Å². The van der Waals surface area contributed by atoms with Gasteiger partial charge < -0.3 is 30.2 Å². The number of hydrogen-bond acceptors (Lipinski definition) is 6. The van der Waals surface area contributed by atoms with E-state index in [2.05, 4.69) is 5.32 Å². The highest BCUT2D eigenvalue weighted by Crippen LogP contribution is 2.18. The molecule has 1 aliphatic heterocycles. The Morgan fingerprint density at radius 3 is 2.38 bits per heavy atom. The molecule has 1 rings (SSSR count). The quantitative estimate of drug-likeness (QED) is 0.352. The fourth-order valence-electron chi connectivity index (χ4n) is 1.35. The van der Waals surface area contributed by atoms with Gasteiger partial charge in [-0.3, -0.25) is 0 Å². The summed E-state index contributed by atoms with van der Waals surface area (Å²) >= 11 is 0. The van der Waals surface area contributed by atoms with Crippen molar-refractivity contribution in [1.29, 1.82) is 0 Å². The number of carbonyl (C=O) groups excluding carboxylic acids is 1. The van der Waals surface area contributed by atoms with Crippen LogP contribution in [-0.4, -0.2) is 59.3 Å². The first-order valence-electron chi connectivity index (χ1n) is 3.94. The summed E-state index contributed by atoms with van der Waals surface area (Å²) in [7, 11) is 1.53. The Morgan fingerprint density at radius 1 is 1.31 bits per heavy atom. The molecule has 0 aromatic rings. The van der Waals surface area contributed by atoms with Gasteiger partial charge in [0.1, 0.15) is 18.3 Å². The monoisotopic (exact) mass is 191 g/mol. The summed E-state index contributed by atoms with van der Waals surface area (Å²) in [6, 6.07) is -0.698. The Bertz CT molecular complexity index is 188. The minimum Gasteiger partial charge on any atom is -0.388 e. The van der Waals surface area contributed by atoms with Crippen LogP contribution in [0.2, 0.25) is 0 Å². The Balaban J connectivity index is 2.74. The van der Waals surface area contributed by atoms with Crippen LogP contribution in [0.25, 0.3) is 0 Å². The van der Waals surface area contributed by atoms with Gasteiger partial charge in [0.15, 0.2) is 12.6 Å². The lowest BCUT2D eigenvalue weighted by Crippen LogP contribution is -2.62. The van der Waals surface area contributed by atoms with Crippen molar-refractivity contribution < 1.29 is 24.9 Å². The molecule has 6 heteroatoms. The molecule has 0 amide bonds. The van der Waals surface area contributed by atoms with Crippen molar-refractivity contribution in [2.45, 2.75) is 30.6 Å². The molecule has 0 spiro atoms. The van der Waals surface area contributed by atoms with E-state index < -0.39 is 30.6 Å². The van der Waals surface area contributed by atoms with Crippen molar-refractivity contribution in [3.63, 3.8) is 0 Å². The number of hydrogen-bond donors (Lipinski definition) is 4. The second kappa shape index (κ2) is 4.12. The first-order valence-corrected chi connectivity index (χ1v) is 3.94. The van der Waals surface area contributed by atoms with E-state index in [0.29, 0.717) is 6.29 Å². The molecule has 1 aliphatic rings. The topological polar surface area (TPSA) is 99.0 Å². The van der Waals surface area contributed by atoms with Gasteiger partial charge in [0.25, 0.3) is 0 Å². The van der Waals surface area contributed by atoms with Crippen molar-refractivity contribution in [3.05, 3.63) is 0 Å². The van der Waals surface area contributed by atoms with Crippen LogP contribution in [0.3, 0.4) is 0 Å². The van der Waals surface area contributed by atoms with Gasteiger partial charge in [0.05, 0.1) is 6.04 Å². The summed E-state index contributed by atoms with van der Waals surface area (Å²) in [5.74, 6) is 0. The molecule has 0 radical (unpaired) electrons. The van der Waals surface area contributed by atoms with E-state index in [9.17, 15) is 15.0 Å². The van der Waals surface area contributed by atoms with Crippen LogP contribution in [0, 0.1) is 0 Å². The minimum absolute atomic E-state index is 0.472. The molecule has 0 aromatic carbocycles. The van der Waals surface area contributed by atoms with Crippen LogP contribution < -0.4 is 5.32 Å². The van der Waals surface area contributed by atoms with E-state index in [1.54, 1.807) is 0 Å². The van der Waals surface area contributed by atoms with Gasteiger partial charge in [0, 0.05) is 0 Å². The van der Waals surface area contributed by atoms with Gasteiger partial charge >= 0.3 is 0 Å². The van der Waals surface area contributed by atoms with Crippen LogP contribution in [0.1, 0.15) is 0 Å². The van der Waals surface area contributed by atoms with Crippen molar-refractivity contribution in [3.8, 4) is 0 Å². The third-order valence-electron chi connectivity index (χ3n) is 2.13. The highest BCUT2D eigenvalue weighted by Gasteiger charge is 2.42. The number of ether oxygens (including phenoxy) is 1. The van der Waals surface area contributed by atoms with E-state index in [-0.39, 0.29) is 0 Å². The number of carbonyl (C=O) groups is 1. The zero-order chi connectivity index (χ0) is 10.0. The Labute approximate surface area is 75.1 Å². The van der Waals surface area contributed by atoms with Gasteiger partial charge in [-0.2, -0.15) is 0 Å². The van der Waals surface area contributed by atoms with Gasteiger partial charge in [-0.25, -0.2) is 0 Å². The zero-order valence-electron chi connectivity index (χ0n) is 7.12. The van der Waals surface area contributed by atoms with E-state index in [4.69, 9.17) is 9.84 Å². The number of likely N-dealkylation sites (N-methyl/N-ethyl adjacent to an activating group) is 1. The second-order valence-corrected chi connectivity index (χ2v) is 2.92. The summed E-state index contributed by atoms with van der Waals surface area (Å²) < 4.78 is 4.74.